The standard InChI is InChI=1S/C12H22N2O5/c1-8-9(3-4-19-8)6-13-12(17)14-7-10(18-2)5-11(15)16/h8-10H,3-7H2,1-2H3,(H,15,16)(H2,13,14,17). The van der Waals surface area contributed by atoms with Crippen LogP contribution in [0.1, 0.15) is 19.8 Å². The number of carbonyl (C=O) groups excluding carboxylic acids is 1. The number of carbonyl (C=O) groups is 2. The number of urea groups is 1. The predicted molar refractivity (Wildman–Crippen MR) is 68.0 cm³/mol. The maximum absolute atomic E-state index is 11.5. The number of methoxy groups -OCH3 is 1. The Labute approximate surface area is 112 Å². The molecule has 1 aliphatic rings. The van der Waals surface area contributed by atoms with Gasteiger partial charge in [0.1, 0.15) is 0 Å². The molecule has 7 heteroatoms. The minimum Gasteiger partial charge on any atom is -0.481 e. The van der Waals surface area contributed by atoms with Gasteiger partial charge < -0.3 is 25.2 Å². The molecule has 2 amide bonds. The van der Waals surface area contributed by atoms with Crippen LogP contribution in [0, 0.1) is 5.92 Å². The molecule has 1 heterocycles. The van der Waals surface area contributed by atoms with Gasteiger partial charge in [-0.15, -0.1) is 0 Å². The SMILES string of the molecule is COC(CNC(=O)NCC1CCOC1C)CC(=O)O. The molecule has 1 rings (SSSR count). The molecule has 1 fully saturated rings. The summed E-state index contributed by atoms with van der Waals surface area (Å²) in [6.07, 6.45) is 0.460. The molecular formula is C12H22N2O5. The molecule has 0 aromatic heterocycles. The summed E-state index contributed by atoms with van der Waals surface area (Å²) in [5.41, 5.74) is 0. The van der Waals surface area contributed by atoms with Gasteiger partial charge in [-0.3, -0.25) is 4.79 Å². The summed E-state index contributed by atoms with van der Waals surface area (Å²) in [5, 5.41) is 14.0. The summed E-state index contributed by atoms with van der Waals surface area (Å²) >= 11 is 0. The van der Waals surface area contributed by atoms with E-state index in [0.29, 0.717) is 12.5 Å². The first-order valence-corrected chi connectivity index (χ1v) is 6.40. The van der Waals surface area contributed by atoms with Gasteiger partial charge in [-0.25, -0.2) is 4.79 Å². The molecule has 3 N–H and O–H groups in total. The topological polar surface area (TPSA) is 96.9 Å². The van der Waals surface area contributed by atoms with Crippen molar-refractivity contribution in [3.05, 3.63) is 0 Å². The zero-order valence-corrected chi connectivity index (χ0v) is 11.3. The lowest BCUT2D eigenvalue weighted by atomic mass is 10.0. The second-order valence-electron chi connectivity index (χ2n) is 4.67. The third kappa shape index (κ3) is 5.89. The van der Waals surface area contributed by atoms with Crippen molar-refractivity contribution in [3.8, 4) is 0 Å². The molecular weight excluding hydrogens is 252 g/mol. The van der Waals surface area contributed by atoms with E-state index in [1.54, 1.807) is 0 Å². The van der Waals surface area contributed by atoms with E-state index >= 15 is 0 Å². The summed E-state index contributed by atoms with van der Waals surface area (Å²) in [4.78, 5) is 22.1. The second-order valence-corrected chi connectivity index (χ2v) is 4.67. The zero-order valence-electron chi connectivity index (χ0n) is 11.3. The first kappa shape index (κ1) is 15.7. The van der Waals surface area contributed by atoms with Crippen molar-refractivity contribution < 1.29 is 24.2 Å². The third-order valence-electron chi connectivity index (χ3n) is 3.28. The number of carboxylic acid groups (broad SMARTS) is 1. The highest BCUT2D eigenvalue weighted by molar-refractivity contribution is 5.74. The summed E-state index contributed by atoms with van der Waals surface area (Å²) < 4.78 is 10.4. The Kier molecular flexibility index (Phi) is 6.58. The molecule has 0 aromatic carbocycles. The van der Waals surface area contributed by atoms with Gasteiger partial charge in [-0.2, -0.15) is 0 Å². The van der Waals surface area contributed by atoms with E-state index in [2.05, 4.69) is 10.6 Å². The predicted octanol–water partition coefficient (Wildman–Crippen LogP) is 0.200. The monoisotopic (exact) mass is 274 g/mol. The quantitative estimate of drug-likeness (QED) is 0.616. The lowest BCUT2D eigenvalue weighted by Crippen LogP contribution is -2.43. The molecule has 0 radical (unpaired) electrons. The summed E-state index contributed by atoms with van der Waals surface area (Å²) in [5.74, 6) is -0.617. The fraction of sp³-hybridized carbons (Fsp3) is 0.833. The number of hydrogen-bond acceptors (Lipinski definition) is 4. The van der Waals surface area contributed by atoms with Gasteiger partial charge in [-0.1, -0.05) is 0 Å². The van der Waals surface area contributed by atoms with Gasteiger partial charge in [0.15, 0.2) is 0 Å². The van der Waals surface area contributed by atoms with Gasteiger partial charge in [-0.05, 0) is 13.3 Å². The van der Waals surface area contributed by atoms with E-state index in [1.165, 1.54) is 7.11 Å². The van der Waals surface area contributed by atoms with Crippen LogP contribution >= 0.6 is 0 Å². The molecule has 1 aliphatic heterocycles. The van der Waals surface area contributed by atoms with E-state index in [4.69, 9.17) is 14.6 Å². The number of amides is 2. The fourth-order valence-electron chi connectivity index (χ4n) is 1.97. The average Bonchev–Trinajstić information content (AvgIpc) is 2.77. The Morgan fingerprint density at radius 3 is 2.74 bits per heavy atom. The first-order chi connectivity index (χ1) is 9.02. The lowest BCUT2D eigenvalue weighted by Gasteiger charge is -2.17. The fourth-order valence-corrected chi connectivity index (χ4v) is 1.97. The molecule has 0 bridgehead atoms. The van der Waals surface area contributed by atoms with Crippen LogP contribution in [-0.4, -0.2) is 56.1 Å². The zero-order chi connectivity index (χ0) is 14.3. The Morgan fingerprint density at radius 1 is 1.47 bits per heavy atom. The van der Waals surface area contributed by atoms with Crippen LogP contribution in [0.4, 0.5) is 4.79 Å². The van der Waals surface area contributed by atoms with Crippen LogP contribution in [0.5, 0.6) is 0 Å². The van der Waals surface area contributed by atoms with Crippen LogP contribution in [-0.2, 0) is 14.3 Å². The highest BCUT2D eigenvalue weighted by atomic mass is 16.5. The van der Waals surface area contributed by atoms with Crippen LogP contribution in [0.25, 0.3) is 0 Å². The van der Waals surface area contributed by atoms with Crippen LogP contribution in [0.2, 0.25) is 0 Å². The minimum atomic E-state index is -0.953. The molecule has 0 spiro atoms. The normalized spacial score (nSPS) is 23.9. The molecule has 1 saturated heterocycles. The summed E-state index contributed by atoms with van der Waals surface area (Å²) in [7, 11) is 1.42. The van der Waals surface area contributed by atoms with Crippen LogP contribution < -0.4 is 10.6 Å². The lowest BCUT2D eigenvalue weighted by molar-refractivity contribution is -0.139. The molecule has 0 saturated carbocycles. The van der Waals surface area contributed by atoms with Crippen molar-refractivity contribution in [3.63, 3.8) is 0 Å². The molecule has 110 valence electrons. The Balaban J connectivity index is 2.17. The van der Waals surface area contributed by atoms with E-state index in [1.807, 2.05) is 6.92 Å². The second kappa shape index (κ2) is 7.96. The Morgan fingerprint density at radius 2 is 2.21 bits per heavy atom. The number of ether oxygens (including phenoxy) is 2. The smallest absolute Gasteiger partial charge is 0.314 e. The molecule has 7 nitrogen and oxygen atoms in total. The minimum absolute atomic E-state index is 0.135. The van der Waals surface area contributed by atoms with E-state index in [9.17, 15) is 9.59 Å². The molecule has 19 heavy (non-hydrogen) atoms. The van der Waals surface area contributed by atoms with Gasteiger partial charge in [0.2, 0.25) is 0 Å². The van der Waals surface area contributed by atoms with Gasteiger partial charge >= 0.3 is 12.0 Å². The number of nitrogens with one attached hydrogen (secondary N) is 2. The highest BCUT2D eigenvalue weighted by Crippen LogP contribution is 2.19. The van der Waals surface area contributed by atoms with Crippen LogP contribution in [0.15, 0.2) is 0 Å². The van der Waals surface area contributed by atoms with E-state index in [0.717, 1.165) is 13.0 Å². The number of rotatable bonds is 7. The van der Waals surface area contributed by atoms with E-state index < -0.39 is 12.1 Å². The maximum Gasteiger partial charge on any atom is 0.314 e. The first-order valence-electron chi connectivity index (χ1n) is 6.40. The van der Waals surface area contributed by atoms with E-state index in [-0.39, 0.29) is 25.1 Å². The number of hydrogen-bond donors (Lipinski definition) is 3. The number of carboxylic acids is 1. The Bertz CT molecular complexity index is 310. The largest absolute Gasteiger partial charge is 0.481 e. The van der Waals surface area contributed by atoms with Crippen molar-refractivity contribution in [2.24, 2.45) is 5.92 Å². The third-order valence-corrected chi connectivity index (χ3v) is 3.28. The molecule has 3 unspecified atom stereocenters. The van der Waals surface area contributed by atoms with Crippen LogP contribution in [0.3, 0.4) is 0 Å². The van der Waals surface area contributed by atoms with Crippen molar-refractivity contribution >= 4 is 12.0 Å². The molecule has 0 aliphatic carbocycles. The molecule has 0 aromatic rings. The van der Waals surface area contributed by atoms with Gasteiger partial charge in [0, 0.05) is 32.7 Å². The maximum atomic E-state index is 11.5. The Hall–Kier alpha value is -1.34. The molecule has 3 atom stereocenters. The number of aliphatic carboxylic acids is 1. The van der Waals surface area contributed by atoms with Crippen molar-refractivity contribution in [1.82, 2.24) is 10.6 Å². The summed E-state index contributed by atoms with van der Waals surface area (Å²) in [6.45, 7) is 3.46. The average molecular weight is 274 g/mol. The van der Waals surface area contributed by atoms with Crippen molar-refractivity contribution in [2.45, 2.75) is 32.0 Å². The summed E-state index contributed by atoms with van der Waals surface area (Å²) in [6, 6.07) is -0.313. The van der Waals surface area contributed by atoms with Crippen molar-refractivity contribution in [1.29, 1.82) is 0 Å². The van der Waals surface area contributed by atoms with Gasteiger partial charge in [0.05, 0.1) is 18.6 Å². The van der Waals surface area contributed by atoms with Crippen molar-refractivity contribution in [2.75, 3.05) is 26.8 Å². The van der Waals surface area contributed by atoms with Gasteiger partial charge in [0.25, 0.3) is 0 Å². The highest BCUT2D eigenvalue weighted by Gasteiger charge is 2.24.